The predicted molar refractivity (Wildman–Crippen MR) is 65.7 cm³/mol. The Hall–Kier alpha value is -1.16. The summed E-state index contributed by atoms with van der Waals surface area (Å²) >= 11 is 0. The van der Waals surface area contributed by atoms with Crippen molar-refractivity contribution in [1.29, 1.82) is 0 Å². The van der Waals surface area contributed by atoms with Crippen LogP contribution in [0.2, 0.25) is 0 Å². The molecule has 4 nitrogen and oxygen atoms in total. The third-order valence-electron chi connectivity index (χ3n) is 3.23. The van der Waals surface area contributed by atoms with E-state index >= 15 is 0 Å². The van der Waals surface area contributed by atoms with E-state index in [2.05, 4.69) is 40.2 Å². The standard InChI is InChI=1S/C12H20N4/c1-10-6-7-12(14-13-10)16-8-4-5-11(9-16)15(2)3/h6-7,11H,4-5,8-9H2,1-3H3. The Kier molecular flexibility index (Phi) is 3.39. The van der Waals surface area contributed by atoms with Crippen LogP contribution in [0.25, 0.3) is 0 Å². The molecule has 16 heavy (non-hydrogen) atoms. The third-order valence-corrected chi connectivity index (χ3v) is 3.23. The highest BCUT2D eigenvalue weighted by atomic mass is 15.3. The Morgan fingerprint density at radius 2 is 2.12 bits per heavy atom. The Bertz CT molecular complexity index is 333. The SMILES string of the molecule is Cc1ccc(N2CCCC(N(C)C)C2)nn1. The monoisotopic (exact) mass is 220 g/mol. The van der Waals surface area contributed by atoms with E-state index in [1.54, 1.807) is 0 Å². The average molecular weight is 220 g/mol. The van der Waals surface area contributed by atoms with Crippen molar-refractivity contribution in [3.8, 4) is 0 Å². The summed E-state index contributed by atoms with van der Waals surface area (Å²) < 4.78 is 0. The second kappa shape index (κ2) is 4.78. The molecule has 0 radical (unpaired) electrons. The van der Waals surface area contributed by atoms with Gasteiger partial charge in [0.15, 0.2) is 5.82 Å². The molecule has 1 fully saturated rings. The lowest BCUT2D eigenvalue weighted by molar-refractivity contribution is 0.257. The Morgan fingerprint density at radius 1 is 1.31 bits per heavy atom. The predicted octanol–water partition coefficient (Wildman–Crippen LogP) is 1.32. The molecule has 0 N–H and O–H groups in total. The van der Waals surface area contributed by atoms with Crippen molar-refractivity contribution in [2.24, 2.45) is 0 Å². The second-order valence-corrected chi connectivity index (χ2v) is 4.74. The summed E-state index contributed by atoms with van der Waals surface area (Å²) in [6.45, 7) is 4.13. The number of aryl methyl sites for hydroxylation is 1. The summed E-state index contributed by atoms with van der Waals surface area (Å²) in [5, 5.41) is 8.37. The van der Waals surface area contributed by atoms with Crippen LogP contribution in [0.5, 0.6) is 0 Å². The molecule has 1 aliphatic rings. The van der Waals surface area contributed by atoms with E-state index in [0.717, 1.165) is 24.6 Å². The van der Waals surface area contributed by atoms with Gasteiger partial charge in [-0.2, -0.15) is 5.10 Å². The molecule has 1 atom stereocenters. The maximum atomic E-state index is 4.25. The number of aromatic nitrogens is 2. The molecule has 2 heterocycles. The quantitative estimate of drug-likeness (QED) is 0.752. The lowest BCUT2D eigenvalue weighted by atomic mass is 10.1. The fraction of sp³-hybridized carbons (Fsp3) is 0.667. The Labute approximate surface area is 97.3 Å². The molecule has 0 spiro atoms. The first-order chi connectivity index (χ1) is 7.66. The highest BCUT2D eigenvalue weighted by Crippen LogP contribution is 2.19. The minimum absolute atomic E-state index is 0.636. The van der Waals surface area contributed by atoms with Gasteiger partial charge in [0.1, 0.15) is 0 Å². The van der Waals surface area contributed by atoms with Crippen molar-refractivity contribution < 1.29 is 0 Å². The summed E-state index contributed by atoms with van der Waals surface area (Å²) in [5.41, 5.74) is 0.977. The molecule has 1 aromatic heterocycles. The van der Waals surface area contributed by atoms with Crippen LogP contribution < -0.4 is 4.90 Å². The van der Waals surface area contributed by atoms with E-state index in [1.165, 1.54) is 12.8 Å². The zero-order valence-corrected chi connectivity index (χ0v) is 10.3. The molecule has 0 saturated carbocycles. The van der Waals surface area contributed by atoms with Gasteiger partial charge < -0.3 is 9.80 Å². The highest BCUT2D eigenvalue weighted by Gasteiger charge is 2.22. The van der Waals surface area contributed by atoms with Crippen LogP contribution >= 0.6 is 0 Å². The van der Waals surface area contributed by atoms with Gasteiger partial charge in [0.05, 0.1) is 5.69 Å². The molecule has 0 bridgehead atoms. The van der Waals surface area contributed by atoms with E-state index in [9.17, 15) is 0 Å². The largest absolute Gasteiger partial charge is 0.354 e. The van der Waals surface area contributed by atoms with E-state index in [0.29, 0.717) is 6.04 Å². The number of hydrogen-bond donors (Lipinski definition) is 0. The van der Waals surface area contributed by atoms with Crippen molar-refractivity contribution in [1.82, 2.24) is 15.1 Å². The number of anilines is 1. The molecule has 0 aliphatic carbocycles. The van der Waals surface area contributed by atoms with E-state index in [-0.39, 0.29) is 0 Å². The van der Waals surface area contributed by atoms with Crippen LogP contribution in [0.3, 0.4) is 0 Å². The minimum atomic E-state index is 0.636. The number of rotatable bonds is 2. The van der Waals surface area contributed by atoms with Crippen molar-refractivity contribution in [2.75, 3.05) is 32.1 Å². The van der Waals surface area contributed by atoms with Gasteiger partial charge in [-0.1, -0.05) is 0 Å². The topological polar surface area (TPSA) is 32.3 Å². The zero-order chi connectivity index (χ0) is 11.5. The molecule has 88 valence electrons. The summed E-state index contributed by atoms with van der Waals surface area (Å²) in [7, 11) is 4.30. The number of likely N-dealkylation sites (N-methyl/N-ethyl adjacent to an activating group) is 1. The van der Waals surface area contributed by atoms with Crippen molar-refractivity contribution >= 4 is 5.82 Å². The molecular formula is C12H20N4. The number of hydrogen-bond acceptors (Lipinski definition) is 4. The van der Waals surface area contributed by atoms with Gasteiger partial charge in [-0.05, 0) is 46.0 Å². The van der Waals surface area contributed by atoms with E-state index in [1.807, 2.05) is 13.0 Å². The lowest BCUT2D eigenvalue weighted by Gasteiger charge is -2.36. The molecule has 0 aromatic carbocycles. The second-order valence-electron chi connectivity index (χ2n) is 4.74. The molecule has 1 unspecified atom stereocenters. The van der Waals surface area contributed by atoms with Crippen LogP contribution in [0.15, 0.2) is 12.1 Å². The van der Waals surface area contributed by atoms with Crippen LogP contribution in [0.1, 0.15) is 18.5 Å². The third kappa shape index (κ3) is 2.50. The van der Waals surface area contributed by atoms with Gasteiger partial charge in [0.25, 0.3) is 0 Å². The smallest absolute Gasteiger partial charge is 0.151 e. The zero-order valence-electron chi connectivity index (χ0n) is 10.3. The van der Waals surface area contributed by atoms with Gasteiger partial charge in [0, 0.05) is 19.1 Å². The van der Waals surface area contributed by atoms with Crippen molar-refractivity contribution in [3.05, 3.63) is 17.8 Å². The summed E-state index contributed by atoms with van der Waals surface area (Å²) in [6.07, 6.45) is 2.52. The van der Waals surface area contributed by atoms with E-state index < -0.39 is 0 Å². The molecule has 1 aromatic rings. The van der Waals surface area contributed by atoms with Gasteiger partial charge >= 0.3 is 0 Å². The molecular weight excluding hydrogens is 200 g/mol. The maximum Gasteiger partial charge on any atom is 0.151 e. The highest BCUT2D eigenvalue weighted by molar-refractivity contribution is 5.38. The Morgan fingerprint density at radius 3 is 2.75 bits per heavy atom. The van der Waals surface area contributed by atoms with Gasteiger partial charge in [-0.15, -0.1) is 5.10 Å². The summed E-state index contributed by atoms with van der Waals surface area (Å²) in [5.74, 6) is 1.01. The minimum Gasteiger partial charge on any atom is -0.354 e. The first-order valence-corrected chi connectivity index (χ1v) is 5.88. The van der Waals surface area contributed by atoms with Crippen LogP contribution in [-0.4, -0.2) is 48.3 Å². The average Bonchev–Trinajstić information content (AvgIpc) is 2.30. The fourth-order valence-electron chi connectivity index (χ4n) is 2.14. The molecule has 1 aliphatic heterocycles. The lowest BCUT2D eigenvalue weighted by Crippen LogP contribution is -2.45. The van der Waals surface area contributed by atoms with Gasteiger partial charge in [-0.3, -0.25) is 0 Å². The first kappa shape index (κ1) is 11.3. The van der Waals surface area contributed by atoms with Gasteiger partial charge in [0.2, 0.25) is 0 Å². The molecule has 0 amide bonds. The summed E-state index contributed by atoms with van der Waals surface area (Å²) in [4.78, 5) is 4.63. The van der Waals surface area contributed by atoms with E-state index in [4.69, 9.17) is 0 Å². The molecule has 2 rings (SSSR count). The van der Waals surface area contributed by atoms with Crippen LogP contribution in [-0.2, 0) is 0 Å². The Balaban J connectivity index is 2.06. The normalized spacial score (nSPS) is 21.5. The maximum absolute atomic E-state index is 4.25. The van der Waals surface area contributed by atoms with Crippen LogP contribution in [0.4, 0.5) is 5.82 Å². The fourth-order valence-corrected chi connectivity index (χ4v) is 2.14. The molecule has 4 heteroatoms. The van der Waals surface area contributed by atoms with Crippen LogP contribution in [0, 0.1) is 6.92 Å². The first-order valence-electron chi connectivity index (χ1n) is 5.88. The summed E-state index contributed by atoms with van der Waals surface area (Å²) in [6, 6.07) is 4.74. The molecule has 1 saturated heterocycles. The van der Waals surface area contributed by atoms with Crippen molar-refractivity contribution in [2.45, 2.75) is 25.8 Å². The number of piperidine rings is 1. The number of nitrogens with zero attached hydrogens (tertiary/aromatic N) is 4. The van der Waals surface area contributed by atoms with Gasteiger partial charge in [-0.25, -0.2) is 0 Å². The van der Waals surface area contributed by atoms with Crippen molar-refractivity contribution in [3.63, 3.8) is 0 Å².